The molecule has 178 valence electrons. The number of ether oxygens (including phenoxy) is 4. The number of carbonyl (C=O) groups is 1. The third-order valence-corrected chi connectivity index (χ3v) is 5.88. The molecule has 0 aromatic heterocycles. The Balaban J connectivity index is 1.59. The molecule has 0 N–H and O–H groups in total. The number of nitro groups is 1. The summed E-state index contributed by atoms with van der Waals surface area (Å²) < 4.78 is 23.5. The summed E-state index contributed by atoms with van der Waals surface area (Å²) in [5.41, 5.74) is 4.88. The van der Waals surface area contributed by atoms with Crippen molar-refractivity contribution in [3.05, 3.63) is 70.0 Å². The second-order valence-corrected chi connectivity index (χ2v) is 8.96. The van der Waals surface area contributed by atoms with Gasteiger partial charge in [0, 0.05) is 18.6 Å². The van der Waals surface area contributed by atoms with E-state index in [0.717, 1.165) is 11.1 Å². The quantitative estimate of drug-likeness (QED) is 0.171. The van der Waals surface area contributed by atoms with Crippen molar-refractivity contribution in [3.8, 4) is 0 Å². The molecule has 2 unspecified atom stereocenters. The number of benzene rings is 1. The maximum Gasteiger partial charge on any atom is 0.338 e. The molecule has 0 spiro atoms. The Bertz CT molecular complexity index is 946. The molecule has 8 nitrogen and oxygen atoms in total. The van der Waals surface area contributed by atoms with E-state index in [1.165, 1.54) is 24.3 Å². The van der Waals surface area contributed by atoms with E-state index >= 15 is 0 Å². The van der Waals surface area contributed by atoms with Crippen LogP contribution in [0.1, 0.15) is 56.8 Å². The zero-order valence-corrected chi connectivity index (χ0v) is 19.4. The van der Waals surface area contributed by atoms with Crippen LogP contribution in [0.4, 0.5) is 5.69 Å². The molecule has 1 aromatic rings. The third-order valence-electron chi connectivity index (χ3n) is 5.88. The molecule has 4 atom stereocenters. The highest BCUT2D eigenvalue weighted by Crippen LogP contribution is 2.35. The average molecular weight is 458 g/mol. The van der Waals surface area contributed by atoms with Gasteiger partial charge in [-0.15, -0.1) is 5.73 Å². The van der Waals surface area contributed by atoms with Crippen LogP contribution in [0.2, 0.25) is 0 Å². The molecule has 0 saturated carbocycles. The Hall–Kier alpha value is -2.77. The molecule has 2 heterocycles. The summed E-state index contributed by atoms with van der Waals surface area (Å²) in [7, 11) is 0. The van der Waals surface area contributed by atoms with Gasteiger partial charge in [0.2, 0.25) is 0 Å². The molecule has 2 aliphatic rings. The van der Waals surface area contributed by atoms with Gasteiger partial charge in [-0.2, -0.15) is 0 Å². The van der Waals surface area contributed by atoms with E-state index in [1.807, 2.05) is 20.8 Å². The summed E-state index contributed by atoms with van der Waals surface area (Å²) in [6, 6.07) is 5.36. The zero-order valence-electron chi connectivity index (χ0n) is 19.4. The predicted molar refractivity (Wildman–Crippen MR) is 122 cm³/mol. The lowest BCUT2D eigenvalue weighted by Gasteiger charge is -2.22. The second kappa shape index (κ2) is 10.4. The van der Waals surface area contributed by atoms with Crippen molar-refractivity contribution in [2.75, 3.05) is 6.61 Å². The lowest BCUT2D eigenvalue weighted by atomic mass is 9.99. The molecule has 8 heteroatoms. The molecule has 33 heavy (non-hydrogen) atoms. The minimum absolute atomic E-state index is 0.0833. The number of non-ortho nitro benzene ring substituents is 1. The first-order valence-corrected chi connectivity index (χ1v) is 11.0. The summed E-state index contributed by atoms with van der Waals surface area (Å²) in [6.45, 7) is 14.0. The van der Waals surface area contributed by atoms with Gasteiger partial charge < -0.3 is 18.9 Å². The third kappa shape index (κ3) is 6.62. The van der Waals surface area contributed by atoms with Crippen molar-refractivity contribution < 1.29 is 28.7 Å². The predicted octanol–water partition coefficient (Wildman–Crippen LogP) is 4.89. The summed E-state index contributed by atoms with van der Waals surface area (Å²) in [4.78, 5) is 23.0. The summed E-state index contributed by atoms with van der Waals surface area (Å²) in [6.07, 6.45) is 1.56. The first-order chi connectivity index (χ1) is 15.6. The molecule has 2 aliphatic heterocycles. The molecule has 2 fully saturated rings. The van der Waals surface area contributed by atoms with Crippen molar-refractivity contribution in [2.24, 2.45) is 0 Å². The largest absolute Gasteiger partial charge is 0.458 e. The maximum absolute atomic E-state index is 12.6. The lowest BCUT2D eigenvalue weighted by molar-refractivity contribution is -0.384. The Morgan fingerprint density at radius 1 is 1.33 bits per heavy atom. The number of nitro benzene ring substituents is 1. The minimum atomic E-state index is -0.612. The van der Waals surface area contributed by atoms with Crippen LogP contribution >= 0.6 is 0 Å². The molecule has 1 aromatic carbocycles. The van der Waals surface area contributed by atoms with Gasteiger partial charge in [0.25, 0.3) is 5.69 Å². The molecule has 2 saturated heterocycles. The van der Waals surface area contributed by atoms with E-state index in [2.05, 4.69) is 18.9 Å². The first-order valence-electron chi connectivity index (χ1n) is 11.0. The highest BCUT2D eigenvalue weighted by molar-refractivity contribution is 5.89. The van der Waals surface area contributed by atoms with Gasteiger partial charge in [0.1, 0.15) is 12.2 Å². The molecule has 0 bridgehead atoms. The van der Waals surface area contributed by atoms with Gasteiger partial charge in [0.15, 0.2) is 5.79 Å². The van der Waals surface area contributed by atoms with E-state index in [9.17, 15) is 14.9 Å². The second-order valence-electron chi connectivity index (χ2n) is 8.96. The Labute approximate surface area is 194 Å². The molecular formula is C25H31NO7. The van der Waals surface area contributed by atoms with Crippen molar-refractivity contribution in [1.29, 1.82) is 0 Å². The molecule has 3 rings (SSSR count). The van der Waals surface area contributed by atoms with Crippen molar-refractivity contribution in [3.63, 3.8) is 0 Å². The van der Waals surface area contributed by atoms with Gasteiger partial charge in [-0.1, -0.05) is 13.2 Å². The fraction of sp³-hybridized carbons (Fsp3) is 0.520. The molecule has 0 amide bonds. The summed E-state index contributed by atoms with van der Waals surface area (Å²) in [5.74, 6) is -1.14. The maximum atomic E-state index is 12.6. The zero-order chi connectivity index (χ0) is 24.2. The number of hydrogen-bond donors (Lipinski definition) is 0. The summed E-state index contributed by atoms with van der Waals surface area (Å²) >= 11 is 0. The van der Waals surface area contributed by atoms with Crippen LogP contribution in [0.3, 0.4) is 0 Å². The van der Waals surface area contributed by atoms with Crippen molar-refractivity contribution >= 4 is 11.7 Å². The van der Waals surface area contributed by atoms with Crippen molar-refractivity contribution in [1.82, 2.24) is 0 Å². The number of rotatable bonds is 9. The lowest BCUT2D eigenvalue weighted by Crippen LogP contribution is -2.31. The van der Waals surface area contributed by atoms with Crippen LogP contribution in [0.15, 0.2) is 54.3 Å². The standard InChI is InChI=1S/C25H31NO7/c1-6-16(2)13-20(31-24(27)18-7-9-19(10-8-18)26(28)29)11-12-21-17(3)14-22(32-21)23-15-30-25(4,5)33-23/h7-10,20-23H,1,3,11-15H2,2,4-5H3/t20?,21-,22+,23?/m0/s1. The van der Waals surface area contributed by atoms with Crippen LogP contribution < -0.4 is 0 Å². The van der Waals surface area contributed by atoms with Crippen LogP contribution in [0.5, 0.6) is 0 Å². The topological polar surface area (TPSA) is 97.1 Å². The van der Waals surface area contributed by atoms with E-state index in [4.69, 9.17) is 18.9 Å². The number of hydrogen-bond acceptors (Lipinski definition) is 7. The van der Waals surface area contributed by atoms with Gasteiger partial charge in [-0.25, -0.2) is 4.79 Å². The Morgan fingerprint density at radius 2 is 2.03 bits per heavy atom. The highest BCUT2D eigenvalue weighted by atomic mass is 16.7. The average Bonchev–Trinajstić information content (AvgIpc) is 3.33. The molecular weight excluding hydrogens is 426 g/mol. The van der Waals surface area contributed by atoms with Crippen molar-refractivity contribution in [2.45, 2.75) is 76.7 Å². The van der Waals surface area contributed by atoms with E-state index < -0.39 is 22.8 Å². The molecule has 0 radical (unpaired) electrons. The van der Waals surface area contributed by atoms with Crippen LogP contribution in [0.25, 0.3) is 0 Å². The smallest absolute Gasteiger partial charge is 0.338 e. The molecule has 0 aliphatic carbocycles. The monoisotopic (exact) mass is 457 g/mol. The van der Waals surface area contributed by atoms with Gasteiger partial charge >= 0.3 is 5.97 Å². The summed E-state index contributed by atoms with van der Waals surface area (Å²) in [5, 5.41) is 10.8. The van der Waals surface area contributed by atoms with Gasteiger partial charge in [0.05, 0.1) is 29.3 Å². The highest BCUT2D eigenvalue weighted by Gasteiger charge is 2.42. The SMILES string of the molecule is C=C=C(C)CC(CC[C@@H]1O[C@@H](C2COC(C)(C)O2)CC1=C)OC(=O)c1ccc([N+](=O)[O-])cc1. The Kier molecular flexibility index (Phi) is 7.87. The number of carbonyl (C=O) groups excluding carboxylic acids is 1. The van der Waals surface area contributed by atoms with Crippen LogP contribution in [-0.4, -0.2) is 47.7 Å². The van der Waals surface area contributed by atoms with E-state index in [-0.39, 0.29) is 29.6 Å². The Morgan fingerprint density at radius 3 is 2.61 bits per heavy atom. The minimum Gasteiger partial charge on any atom is -0.458 e. The number of esters is 1. The van der Waals surface area contributed by atoms with Crippen LogP contribution in [-0.2, 0) is 18.9 Å². The number of nitrogens with zero attached hydrogens (tertiary/aromatic N) is 1. The fourth-order valence-electron chi connectivity index (χ4n) is 4.03. The van der Waals surface area contributed by atoms with Gasteiger partial charge in [-0.05, 0) is 63.3 Å². The normalized spacial score (nSPS) is 24.8. The van der Waals surface area contributed by atoms with Crippen LogP contribution in [0, 0.1) is 10.1 Å². The first kappa shape index (κ1) is 24.9. The van der Waals surface area contributed by atoms with Gasteiger partial charge in [-0.3, -0.25) is 10.1 Å². The fourth-order valence-corrected chi connectivity index (χ4v) is 4.03. The van der Waals surface area contributed by atoms with E-state index in [1.54, 1.807) is 0 Å². The van der Waals surface area contributed by atoms with E-state index in [0.29, 0.717) is 32.3 Å².